The van der Waals surface area contributed by atoms with Crippen LogP contribution in [0.5, 0.6) is 5.75 Å². The van der Waals surface area contributed by atoms with Crippen LogP contribution in [0.3, 0.4) is 0 Å². The predicted octanol–water partition coefficient (Wildman–Crippen LogP) is 3.18. The molecule has 0 radical (unpaired) electrons. The van der Waals surface area contributed by atoms with E-state index in [4.69, 9.17) is 4.74 Å². The molecule has 23 heavy (non-hydrogen) atoms. The molecule has 2 atom stereocenters. The Morgan fingerprint density at radius 1 is 1.48 bits per heavy atom. The van der Waals surface area contributed by atoms with Crippen molar-refractivity contribution in [1.82, 2.24) is 10.6 Å². The first-order valence-electron chi connectivity index (χ1n) is 8.82. The molecule has 2 N–H and O–H groups in total. The highest BCUT2D eigenvalue weighted by Crippen LogP contribution is 2.22. The first kappa shape index (κ1) is 17.8. The van der Waals surface area contributed by atoms with Gasteiger partial charge in [-0.25, -0.2) is 0 Å². The van der Waals surface area contributed by atoms with Crippen LogP contribution in [0.1, 0.15) is 50.7 Å². The number of hydrogen-bond acceptors (Lipinski definition) is 3. The van der Waals surface area contributed by atoms with Gasteiger partial charge in [0.15, 0.2) is 0 Å². The van der Waals surface area contributed by atoms with Gasteiger partial charge in [-0.05, 0) is 63.7 Å². The van der Waals surface area contributed by atoms with Gasteiger partial charge in [0.2, 0.25) is 5.91 Å². The third-order valence-electron chi connectivity index (χ3n) is 4.54. The fourth-order valence-corrected chi connectivity index (χ4v) is 2.80. The average molecular weight is 318 g/mol. The average Bonchev–Trinajstić information content (AvgIpc) is 3.05. The maximum atomic E-state index is 12.1. The molecular formula is C19H30N2O2. The monoisotopic (exact) mass is 318 g/mol. The number of aryl methyl sites for hydroxylation is 1. The van der Waals surface area contributed by atoms with Crippen molar-refractivity contribution in [2.75, 3.05) is 13.1 Å². The predicted molar refractivity (Wildman–Crippen MR) is 93.6 cm³/mol. The summed E-state index contributed by atoms with van der Waals surface area (Å²) in [5, 5.41) is 6.38. The van der Waals surface area contributed by atoms with Crippen LogP contribution >= 0.6 is 0 Å². The smallest absolute Gasteiger partial charge is 0.220 e. The molecule has 4 heteroatoms. The lowest BCUT2D eigenvalue weighted by Crippen LogP contribution is -2.24. The van der Waals surface area contributed by atoms with E-state index in [0.29, 0.717) is 18.9 Å². The van der Waals surface area contributed by atoms with Crippen LogP contribution in [0.2, 0.25) is 0 Å². The zero-order valence-electron chi connectivity index (χ0n) is 14.7. The highest BCUT2D eigenvalue weighted by Gasteiger charge is 2.16. The molecule has 1 aromatic rings. The van der Waals surface area contributed by atoms with Crippen molar-refractivity contribution in [2.24, 2.45) is 5.92 Å². The number of amides is 1. The van der Waals surface area contributed by atoms with Crippen molar-refractivity contribution >= 4 is 5.91 Å². The Kier molecular flexibility index (Phi) is 6.90. The van der Waals surface area contributed by atoms with E-state index in [2.05, 4.69) is 43.5 Å². The molecular weight excluding hydrogens is 288 g/mol. The fourth-order valence-electron chi connectivity index (χ4n) is 2.80. The van der Waals surface area contributed by atoms with Gasteiger partial charge in [0.25, 0.3) is 0 Å². The van der Waals surface area contributed by atoms with Gasteiger partial charge in [-0.2, -0.15) is 0 Å². The second kappa shape index (κ2) is 8.92. The van der Waals surface area contributed by atoms with Crippen molar-refractivity contribution in [3.05, 3.63) is 29.3 Å². The lowest BCUT2D eigenvalue weighted by Gasteiger charge is -2.17. The summed E-state index contributed by atoms with van der Waals surface area (Å²) in [6.07, 6.45) is 3.93. The van der Waals surface area contributed by atoms with Gasteiger partial charge in [0.1, 0.15) is 5.75 Å². The van der Waals surface area contributed by atoms with E-state index in [1.165, 1.54) is 12.0 Å². The van der Waals surface area contributed by atoms with E-state index in [0.717, 1.165) is 37.2 Å². The molecule has 1 fully saturated rings. The largest absolute Gasteiger partial charge is 0.490 e. The van der Waals surface area contributed by atoms with Crippen LogP contribution < -0.4 is 15.4 Å². The molecule has 2 rings (SSSR count). The van der Waals surface area contributed by atoms with E-state index >= 15 is 0 Å². The Balaban J connectivity index is 1.84. The number of carbonyl (C=O) groups is 1. The topological polar surface area (TPSA) is 50.4 Å². The Morgan fingerprint density at radius 3 is 3.00 bits per heavy atom. The quantitative estimate of drug-likeness (QED) is 0.774. The summed E-state index contributed by atoms with van der Waals surface area (Å²) in [5.74, 6) is 1.68. The summed E-state index contributed by atoms with van der Waals surface area (Å²) in [6.45, 7) is 8.92. The minimum Gasteiger partial charge on any atom is -0.490 e. The van der Waals surface area contributed by atoms with E-state index in [1.807, 2.05) is 6.07 Å². The van der Waals surface area contributed by atoms with Gasteiger partial charge >= 0.3 is 0 Å². The zero-order chi connectivity index (χ0) is 16.7. The van der Waals surface area contributed by atoms with E-state index in [9.17, 15) is 4.79 Å². The molecule has 2 unspecified atom stereocenters. The molecule has 0 aromatic heterocycles. The SMILES string of the molecule is CCC(C)Oc1cc(C)ccc1CNC(=O)CCC1CCNC1. The molecule has 1 heterocycles. The van der Waals surface area contributed by atoms with Gasteiger partial charge in [-0.3, -0.25) is 4.79 Å². The van der Waals surface area contributed by atoms with E-state index in [-0.39, 0.29) is 12.0 Å². The van der Waals surface area contributed by atoms with E-state index in [1.54, 1.807) is 0 Å². The maximum absolute atomic E-state index is 12.1. The Bertz CT molecular complexity index is 510. The molecule has 0 saturated carbocycles. The second-order valence-electron chi connectivity index (χ2n) is 6.62. The Hall–Kier alpha value is -1.55. The molecule has 4 nitrogen and oxygen atoms in total. The van der Waals surface area contributed by atoms with E-state index < -0.39 is 0 Å². The van der Waals surface area contributed by atoms with Gasteiger partial charge in [0, 0.05) is 18.5 Å². The minimum atomic E-state index is 0.131. The first-order chi connectivity index (χ1) is 11.1. The summed E-state index contributed by atoms with van der Waals surface area (Å²) >= 11 is 0. The van der Waals surface area contributed by atoms with Gasteiger partial charge in [-0.15, -0.1) is 0 Å². The molecule has 0 bridgehead atoms. The Morgan fingerprint density at radius 2 is 2.30 bits per heavy atom. The van der Waals surface area contributed by atoms with Crippen LogP contribution in [-0.2, 0) is 11.3 Å². The van der Waals surface area contributed by atoms with Crippen LogP contribution in [0.4, 0.5) is 0 Å². The number of hydrogen-bond donors (Lipinski definition) is 2. The van der Waals surface area contributed by atoms with Crippen molar-refractivity contribution in [3.63, 3.8) is 0 Å². The standard InChI is InChI=1S/C19H30N2O2/c1-4-15(3)23-18-11-14(2)5-7-17(18)13-21-19(22)8-6-16-9-10-20-12-16/h5,7,11,15-16,20H,4,6,8-10,12-13H2,1-3H3,(H,21,22). The summed E-state index contributed by atoms with van der Waals surface area (Å²) in [4.78, 5) is 12.1. The zero-order valence-corrected chi connectivity index (χ0v) is 14.7. The Labute approximate surface area is 140 Å². The first-order valence-corrected chi connectivity index (χ1v) is 8.82. The summed E-state index contributed by atoms with van der Waals surface area (Å²) < 4.78 is 5.99. The normalized spacial score (nSPS) is 18.7. The number of nitrogens with one attached hydrogen (secondary N) is 2. The van der Waals surface area contributed by atoms with Crippen LogP contribution in [0.15, 0.2) is 18.2 Å². The van der Waals surface area contributed by atoms with Crippen LogP contribution in [-0.4, -0.2) is 25.1 Å². The van der Waals surface area contributed by atoms with Crippen molar-refractivity contribution in [2.45, 2.75) is 59.1 Å². The van der Waals surface area contributed by atoms with Crippen molar-refractivity contribution in [1.29, 1.82) is 0 Å². The number of benzene rings is 1. The summed E-state index contributed by atoms with van der Waals surface area (Å²) in [6, 6.07) is 6.17. The molecule has 1 aliphatic rings. The summed E-state index contributed by atoms with van der Waals surface area (Å²) in [5.41, 5.74) is 2.22. The molecule has 0 aliphatic carbocycles. The molecule has 128 valence electrons. The number of carbonyl (C=O) groups excluding carboxylic acids is 1. The van der Waals surface area contributed by atoms with Crippen molar-refractivity contribution < 1.29 is 9.53 Å². The van der Waals surface area contributed by atoms with Gasteiger partial charge in [0.05, 0.1) is 6.10 Å². The lowest BCUT2D eigenvalue weighted by molar-refractivity contribution is -0.121. The third kappa shape index (κ3) is 5.87. The van der Waals surface area contributed by atoms with Crippen molar-refractivity contribution in [3.8, 4) is 5.75 Å². The highest BCUT2D eigenvalue weighted by atomic mass is 16.5. The molecule has 1 saturated heterocycles. The molecule has 1 aromatic carbocycles. The fraction of sp³-hybridized carbons (Fsp3) is 0.632. The van der Waals surface area contributed by atoms with Crippen LogP contribution in [0, 0.1) is 12.8 Å². The minimum absolute atomic E-state index is 0.131. The van der Waals surface area contributed by atoms with Gasteiger partial charge < -0.3 is 15.4 Å². The molecule has 1 aliphatic heterocycles. The number of ether oxygens (including phenoxy) is 1. The summed E-state index contributed by atoms with van der Waals surface area (Å²) in [7, 11) is 0. The maximum Gasteiger partial charge on any atom is 0.220 e. The molecule has 1 amide bonds. The highest BCUT2D eigenvalue weighted by molar-refractivity contribution is 5.75. The second-order valence-corrected chi connectivity index (χ2v) is 6.62. The van der Waals surface area contributed by atoms with Gasteiger partial charge in [-0.1, -0.05) is 19.1 Å². The molecule has 0 spiro atoms. The number of rotatable bonds is 8. The lowest BCUT2D eigenvalue weighted by atomic mass is 10.0. The van der Waals surface area contributed by atoms with Crippen LogP contribution in [0.25, 0.3) is 0 Å². The third-order valence-corrected chi connectivity index (χ3v) is 4.54.